The summed E-state index contributed by atoms with van der Waals surface area (Å²) < 4.78 is 2.41. The van der Waals surface area contributed by atoms with E-state index in [2.05, 4.69) is 111 Å². The van der Waals surface area contributed by atoms with Crippen LogP contribution in [0.25, 0.3) is 0 Å². The van der Waals surface area contributed by atoms with Crippen LogP contribution < -0.4 is 4.90 Å². The molecule has 0 aromatic heterocycles. The molecule has 4 rings (SSSR count). The van der Waals surface area contributed by atoms with Crippen molar-refractivity contribution >= 4 is 30.2 Å². The van der Waals surface area contributed by atoms with Crippen LogP contribution in [0.15, 0.2) is 60.3 Å². The summed E-state index contributed by atoms with van der Waals surface area (Å²) in [5.74, 6) is 0. The second-order valence-electron chi connectivity index (χ2n) is 7.58. The zero-order valence-corrected chi connectivity index (χ0v) is 17.1. The molecule has 2 aliphatic heterocycles. The van der Waals surface area contributed by atoms with Crippen molar-refractivity contribution in [3.8, 4) is 5.40 Å². The number of fused-ring (bicyclic) bond motifs is 2. The Kier molecular flexibility index (Phi) is 5.34. The van der Waals surface area contributed by atoms with E-state index in [-0.39, 0.29) is 5.41 Å². The molecule has 0 saturated carbocycles. The molecule has 0 N–H and O–H groups in total. The summed E-state index contributed by atoms with van der Waals surface area (Å²) in [5.41, 5.74) is 6.89. The highest BCUT2D eigenvalue weighted by Crippen LogP contribution is 2.46. The number of likely N-dealkylation sites (N-methyl/N-ethyl adjacent to an activating group) is 1. The van der Waals surface area contributed by atoms with Crippen molar-refractivity contribution < 1.29 is 4.58 Å². The van der Waals surface area contributed by atoms with E-state index in [4.69, 9.17) is 5.26 Å². The molecule has 0 fully saturated rings. The number of hydrogen-bond donors (Lipinski definition) is 0. The molecular weight excluding hydrogens is 350 g/mol. The predicted molar refractivity (Wildman–Crippen MR) is 115 cm³/mol. The lowest BCUT2D eigenvalue weighted by Crippen LogP contribution is -2.24. The molecule has 4 heteroatoms. The SMILES string of the molecule is CC1Cc2ccccc2[N+]1=CC=C1N(C)c2ccccc2C1(C)C.N#C[S-]. The summed E-state index contributed by atoms with van der Waals surface area (Å²) in [6.07, 6.45) is 5.70. The van der Waals surface area contributed by atoms with E-state index in [1.54, 1.807) is 0 Å². The first-order chi connectivity index (χ1) is 12.9. The van der Waals surface area contributed by atoms with E-state index in [1.165, 1.54) is 33.6 Å². The van der Waals surface area contributed by atoms with Gasteiger partial charge in [0, 0.05) is 48.0 Å². The number of anilines is 1. The van der Waals surface area contributed by atoms with Gasteiger partial charge in [0.1, 0.15) is 0 Å². The number of nitrogens with zero attached hydrogens (tertiary/aromatic N) is 3. The van der Waals surface area contributed by atoms with Gasteiger partial charge in [0.05, 0.1) is 0 Å². The third-order valence-corrected chi connectivity index (χ3v) is 5.59. The van der Waals surface area contributed by atoms with Crippen LogP contribution in [0.5, 0.6) is 0 Å². The molecule has 138 valence electrons. The van der Waals surface area contributed by atoms with Crippen LogP contribution in [0.4, 0.5) is 11.4 Å². The molecule has 2 aromatic rings. The average Bonchev–Trinajstić information content (AvgIpc) is 3.06. The maximum Gasteiger partial charge on any atom is 0.208 e. The molecule has 0 spiro atoms. The first-order valence-electron chi connectivity index (χ1n) is 9.18. The molecule has 2 aliphatic rings. The van der Waals surface area contributed by atoms with Crippen LogP contribution >= 0.6 is 0 Å². The first-order valence-corrected chi connectivity index (χ1v) is 9.59. The van der Waals surface area contributed by atoms with Crippen LogP contribution in [-0.2, 0) is 24.5 Å². The van der Waals surface area contributed by atoms with Crippen molar-refractivity contribution in [1.82, 2.24) is 0 Å². The summed E-state index contributed by atoms with van der Waals surface area (Å²) in [6.45, 7) is 6.93. The average molecular weight is 376 g/mol. The van der Waals surface area contributed by atoms with Crippen molar-refractivity contribution in [3.05, 3.63) is 71.4 Å². The van der Waals surface area contributed by atoms with Crippen LogP contribution in [0.2, 0.25) is 0 Å². The number of benzene rings is 2. The highest BCUT2D eigenvalue weighted by molar-refractivity contribution is 7.64. The fourth-order valence-corrected chi connectivity index (χ4v) is 4.27. The Bertz CT molecular complexity index is 950. The van der Waals surface area contributed by atoms with Crippen molar-refractivity contribution in [2.75, 3.05) is 11.9 Å². The molecule has 0 amide bonds. The molecule has 0 saturated heterocycles. The topological polar surface area (TPSA) is 30.0 Å². The van der Waals surface area contributed by atoms with Crippen molar-refractivity contribution in [2.24, 2.45) is 0 Å². The Hall–Kier alpha value is -2.64. The summed E-state index contributed by atoms with van der Waals surface area (Å²) in [7, 11) is 2.18. The fraction of sp³-hybridized carbons (Fsp3) is 0.304. The van der Waals surface area contributed by atoms with Gasteiger partial charge in [-0.05, 0) is 18.6 Å². The van der Waals surface area contributed by atoms with Crippen LogP contribution in [0.3, 0.4) is 0 Å². The van der Waals surface area contributed by atoms with Gasteiger partial charge in [0.15, 0.2) is 12.3 Å². The summed E-state index contributed by atoms with van der Waals surface area (Å²) in [4.78, 5) is 2.33. The van der Waals surface area contributed by atoms with Gasteiger partial charge < -0.3 is 17.5 Å². The first kappa shape index (κ1) is 19.1. The lowest BCUT2D eigenvalue weighted by Gasteiger charge is -2.23. The van der Waals surface area contributed by atoms with Crippen molar-refractivity contribution in [1.29, 1.82) is 5.26 Å². The Morgan fingerprint density at radius 2 is 1.81 bits per heavy atom. The summed E-state index contributed by atoms with van der Waals surface area (Å²) in [6, 6.07) is 18.0. The van der Waals surface area contributed by atoms with Gasteiger partial charge in [-0.2, -0.15) is 4.58 Å². The van der Waals surface area contributed by atoms with E-state index in [1.807, 2.05) is 0 Å². The van der Waals surface area contributed by atoms with Crippen LogP contribution in [0, 0.1) is 10.7 Å². The largest absolute Gasteiger partial charge is 0.696 e. The molecule has 27 heavy (non-hydrogen) atoms. The molecule has 3 nitrogen and oxygen atoms in total. The number of hydrogen-bond acceptors (Lipinski definition) is 3. The minimum Gasteiger partial charge on any atom is -0.696 e. The Labute approximate surface area is 167 Å². The molecule has 0 radical (unpaired) electrons. The second kappa shape index (κ2) is 7.54. The summed E-state index contributed by atoms with van der Waals surface area (Å²) in [5, 5.41) is 8.47. The normalized spacial score (nSPS) is 22.0. The molecular formula is C23H25N3S. The minimum absolute atomic E-state index is 0.0321. The number of allylic oxidation sites excluding steroid dienone is 2. The third-order valence-electron chi connectivity index (χ3n) is 5.59. The molecule has 2 heterocycles. The van der Waals surface area contributed by atoms with E-state index in [0.717, 1.165) is 6.42 Å². The zero-order valence-electron chi connectivity index (χ0n) is 16.3. The van der Waals surface area contributed by atoms with Crippen LogP contribution in [-0.4, -0.2) is 23.9 Å². The Morgan fingerprint density at radius 3 is 2.52 bits per heavy atom. The predicted octanol–water partition coefficient (Wildman–Crippen LogP) is 4.67. The van der Waals surface area contributed by atoms with Crippen LogP contribution in [0.1, 0.15) is 31.9 Å². The molecule has 1 atom stereocenters. The van der Waals surface area contributed by atoms with Crippen molar-refractivity contribution in [2.45, 2.75) is 38.6 Å². The van der Waals surface area contributed by atoms with Gasteiger partial charge in [0.2, 0.25) is 5.69 Å². The highest BCUT2D eigenvalue weighted by atomic mass is 32.1. The van der Waals surface area contributed by atoms with Gasteiger partial charge in [-0.15, -0.1) is 0 Å². The monoisotopic (exact) mass is 375 g/mol. The number of nitriles is 1. The lowest BCUT2D eigenvalue weighted by atomic mass is 9.84. The van der Waals surface area contributed by atoms with E-state index in [0.29, 0.717) is 6.04 Å². The van der Waals surface area contributed by atoms with Crippen molar-refractivity contribution in [3.63, 3.8) is 0 Å². The van der Waals surface area contributed by atoms with Gasteiger partial charge in [0.25, 0.3) is 0 Å². The maximum atomic E-state index is 7.13. The van der Waals surface area contributed by atoms with Gasteiger partial charge in [-0.1, -0.05) is 55.6 Å². The van der Waals surface area contributed by atoms with E-state index in [9.17, 15) is 0 Å². The highest BCUT2D eigenvalue weighted by Gasteiger charge is 2.38. The van der Waals surface area contributed by atoms with E-state index >= 15 is 0 Å². The molecule has 0 aliphatic carbocycles. The van der Waals surface area contributed by atoms with Gasteiger partial charge in [-0.25, -0.2) is 5.26 Å². The molecule has 0 bridgehead atoms. The standard InChI is InChI=1S/C22H25N2.CHNS/c1-16-15-17-9-5-7-11-19(17)24(16)14-13-21-22(2,3)18-10-6-8-12-20(18)23(21)4;2-1-3/h5-14,16H,15H2,1-4H3;3H/q+1;/p-1. The summed E-state index contributed by atoms with van der Waals surface area (Å²) >= 11 is 3.70. The number of para-hydroxylation sites is 2. The number of rotatable bonds is 1. The minimum atomic E-state index is 0.0321. The second-order valence-corrected chi connectivity index (χ2v) is 7.77. The van der Waals surface area contributed by atoms with Gasteiger partial charge >= 0.3 is 0 Å². The van der Waals surface area contributed by atoms with E-state index < -0.39 is 0 Å². The molecule has 1 unspecified atom stereocenters. The fourth-order valence-electron chi connectivity index (χ4n) is 4.27. The quantitative estimate of drug-likeness (QED) is 0.412. The Balaban J connectivity index is 0.000000659. The maximum absolute atomic E-state index is 7.13. The molecule has 2 aromatic carbocycles. The number of thiocyanates is 1. The Morgan fingerprint density at radius 1 is 1.19 bits per heavy atom. The lowest BCUT2D eigenvalue weighted by molar-refractivity contribution is -0.463. The third kappa shape index (κ3) is 3.36. The van der Waals surface area contributed by atoms with Gasteiger partial charge in [-0.3, -0.25) is 0 Å². The zero-order chi connectivity index (χ0) is 19.6. The smallest absolute Gasteiger partial charge is 0.208 e.